The van der Waals surface area contributed by atoms with Crippen molar-refractivity contribution in [1.82, 2.24) is 0 Å². The van der Waals surface area contributed by atoms with Crippen molar-refractivity contribution in [3.8, 4) is 0 Å². The van der Waals surface area contributed by atoms with Crippen LogP contribution in [0.15, 0.2) is 0 Å². The van der Waals surface area contributed by atoms with Crippen LogP contribution < -0.4 is 0 Å². The molecule has 0 amide bonds. The van der Waals surface area contributed by atoms with Crippen LogP contribution in [-0.2, 0) is 57.7 Å². The van der Waals surface area contributed by atoms with Gasteiger partial charge in [0.05, 0.1) is 0 Å². The second-order valence-corrected chi connectivity index (χ2v) is 0. The number of rotatable bonds is 0. The Morgan fingerprint density at radius 1 is 1.00 bits per heavy atom. The Kier molecular flexibility index (Phi) is 129. The summed E-state index contributed by atoms with van der Waals surface area (Å²) in [6.45, 7) is 0. The third-order valence-corrected chi connectivity index (χ3v) is 0. The van der Waals surface area contributed by atoms with Crippen LogP contribution in [0.4, 0.5) is 0 Å². The predicted octanol–water partition coefficient (Wildman–Crippen LogP) is -1.42. The topological polar surface area (TPSA) is 17.1 Å². The van der Waals surface area contributed by atoms with Gasteiger partial charge < -0.3 is 0 Å². The molecule has 4 radical (unpaired) electrons. The molecular formula is H2Cd2OSn2. The first-order valence-corrected chi connectivity index (χ1v) is 1.37. The van der Waals surface area contributed by atoms with Gasteiger partial charge in [0.2, 0.25) is 0 Å². The molecule has 0 atom stereocenters. The van der Waals surface area contributed by atoms with Gasteiger partial charge in [0, 0.05) is 54.6 Å². The van der Waals surface area contributed by atoms with Gasteiger partial charge in [-0.3, -0.25) is 0 Å². The van der Waals surface area contributed by atoms with Gasteiger partial charge in [0.15, 0.2) is 0 Å². The summed E-state index contributed by atoms with van der Waals surface area (Å²) in [7, 11) is 0. The van der Waals surface area contributed by atoms with E-state index in [1.54, 1.807) is 0 Å². The minimum absolute atomic E-state index is 0. The van der Waals surface area contributed by atoms with Crippen molar-refractivity contribution in [3.63, 3.8) is 0 Å². The summed E-state index contributed by atoms with van der Waals surface area (Å²) in [6, 6.07) is 0. The monoisotopic (exact) mass is 486 g/mol. The quantitative estimate of drug-likeness (QED) is 0.390. The molecule has 0 aromatic carbocycles. The van der Waals surface area contributed by atoms with Crippen molar-refractivity contribution in [2.24, 2.45) is 0 Å². The second kappa shape index (κ2) is 26.8. The summed E-state index contributed by atoms with van der Waals surface area (Å²) in [5, 5.41) is 0. The molecule has 1 nitrogen and oxygen atoms in total. The zero-order valence-corrected chi connectivity index (χ0v) is 18.0. The zero-order chi connectivity index (χ0) is 2.00. The second-order valence-electron chi connectivity index (χ2n) is 0. The van der Waals surface area contributed by atoms with E-state index in [2.05, 4.69) is 0 Å². The van der Waals surface area contributed by atoms with E-state index in [-0.39, 0.29) is 78.5 Å². The van der Waals surface area contributed by atoms with Gasteiger partial charge in [-0.15, -0.1) is 0 Å². The van der Waals surface area contributed by atoms with Gasteiger partial charge in [-0.25, -0.2) is 0 Å². The van der Waals surface area contributed by atoms with Crippen molar-refractivity contribution in [2.75, 3.05) is 0 Å². The molecule has 0 unspecified atom stereocenters. The molecule has 0 fully saturated rings. The van der Waals surface area contributed by atoms with E-state index in [0.717, 1.165) is 0 Å². The summed E-state index contributed by atoms with van der Waals surface area (Å²) in [4.78, 5) is 0. The van der Waals surface area contributed by atoms with Crippen LogP contribution in [0.1, 0.15) is 0 Å². The van der Waals surface area contributed by atoms with E-state index in [0.29, 0.717) is 22.5 Å². The average molecular weight is 480 g/mol. The fourth-order valence-electron chi connectivity index (χ4n) is 0. The summed E-state index contributed by atoms with van der Waals surface area (Å²) in [5.74, 6) is 0. The SMILES string of the molecule is [Cd].[Cd].[O]=[Sn].[SnH2]. The van der Waals surface area contributed by atoms with Gasteiger partial charge in [-0.1, -0.05) is 0 Å². The van der Waals surface area contributed by atoms with E-state index in [4.69, 9.17) is 3.08 Å². The third kappa shape index (κ3) is 18.9. The third-order valence-electron chi connectivity index (χ3n) is 0. The Bertz CT molecular complexity index is 7.61. The Morgan fingerprint density at radius 3 is 1.00 bits per heavy atom. The van der Waals surface area contributed by atoms with Gasteiger partial charge in [0.1, 0.15) is 0 Å². The van der Waals surface area contributed by atoms with Crippen LogP contribution in [0.5, 0.6) is 0 Å². The molecule has 0 saturated carbocycles. The van der Waals surface area contributed by atoms with Crippen LogP contribution in [0, 0.1) is 0 Å². The molecule has 0 aliphatic carbocycles. The first kappa shape index (κ1) is 24.0. The summed E-state index contributed by atoms with van der Waals surface area (Å²) < 4.78 is 8.34. The summed E-state index contributed by atoms with van der Waals surface area (Å²) >= 11 is 0.300. The fourth-order valence-corrected chi connectivity index (χ4v) is 0. The van der Waals surface area contributed by atoms with Crippen molar-refractivity contribution in [1.29, 1.82) is 0 Å². The molecule has 0 aromatic heterocycles. The molecular weight excluding hydrogens is 478 g/mol. The number of hydrogen-bond donors (Lipinski definition) is 0. The molecule has 0 N–H and O–H groups in total. The molecule has 5 heteroatoms. The van der Waals surface area contributed by atoms with E-state index in [1.165, 1.54) is 0 Å². The Labute approximate surface area is 102 Å². The average Bonchev–Trinajstić information content (AvgIpc) is 1.00. The van der Waals surface area contributed by atoms with Gasteiger partial charge in [0.25, 0.3) is 0 Å². The van der Waals surface area contributed by atoms with E-state index >= 15 is 0 Å². The minimum atomic E-state index is 0. The first-order valence-electron chi connectivity index (χ1n) is 0.204. The van der Waals surface area contributed by atoms with Crippen LogP contribution in [0.25, 0.3) is 0 Å². The molecule has 0 bridgehead atoms. The molecule has 0 aliphatic heterocycles. The van der Waals surface area contributed by atoms with Crippen molar-refractivity contribution < 1.29 is 57.7 Å². The summed E-state index contributed by atoms with van der Waals surface area (Å²) in [6.07, 6.45) is 0. The van der Waals surface area contributed by atoms with Crippen LogP contribution in [0.3, 0.4) is 0 Å². The molecule has 0 rings (SSSR count). The normalized spacial score (nSPS) is 0.800. The van der Waals surface area contributed by atoms with E-state index in [1.807, 2.05) is 0 Å². The Balaban J connectivity index is -0.00000000167. The maximum absolute atomic E-state index is 8.34. The van der Waals surface area contributed by atoms with Crippen LogP contribution >= 0.6 is 0 Å². The molecule has 0 aliphatic rings. The number of hydrogen-bond acceptors (Lipinski definition) is 1. The molecule has 0 spiro atoms. The van der Waals surface area contributed by atoms with Crippen LogP contribution in [0.2, 0.25) is 0 Å². The molecule has 20 valence electrons. The first-order chi connectivity index (χ1) is 1.00. The zero-order valence-electron chi connectivity index (χ0n) is 3.03. The molecule has 0 aromatic rings. The van der Waals surface area contributed by atoms with Crippen molar-refractivity contribution in [2.45, 2.75) is 0 Å². The van der Waals surface area contributed by atoms with Gasteiger partial charge in [-0.05, 0) is 0 Å². The maximum atomic E-state index is 8.34. The molecule has 0 heterocycles. The van der Waals surface area contributed by atoms with Gasteiger partial charge >= 0.3 is 49.5 Å². The predicted molar refractivity (Wildman–Crippen MR) is 15.0 cm³/mol. The van der Waals surface area contributed by atoms with E-state index in [9.17, 15) is 0 Å². The molecule has 5 heavy (non-hydrogen) atoms. The fraction of sp³-hybridized carbons (Fsp3) is 0. The van der Waals surface area contributed by atoms with E-state index < -0.39 is 0 Å². The summed E-state index contributed by atoms with van der Waals surface area (Å²) in [5.41, 5.74) is 0. The van der Waals surface area contributed by atoms with Crippen molar-refractivity contribution in [3.05, 3.63) is 0 Å². The van der Waals surface area contributed by atoms with Crippen molar-refractivity contribution >= 4 is 46.4 Å². The standard InChI is InChI=1S/2Cd.O.2Sn.2H. The van der Waals surface area contributed by atoms with Gasteiger partial charge in [-0.2, -0.15) is 0 Å². The Hall–Kier alpha value is 3.24. The Morgan fingerprint density at radius 2 is 1.00 bits per heavy atom. The van der Waals surface area contributed by atoms with Crippen LogP contribution in [-0.4, -0.2) is 46.4 Å². The molecule has 0 saturated heterocycles.